The first-order chi connectivity index (χ1) is 13.6. The summed E-state index contributed by atoms with van der Waals surface area (Å²) in [4.78, 5) is 20.5. The second kappa shape index (κ2) is 8.65. The van der Waals surface area contributed by atoms with E-state index in [9.17, 15) is 4.79 Å². The van der Waals surface area contributed by atoms with E-state index >= 15 is 0 Å². The Labute approximate surface area is 165 Å². The molecule has 3 rings (SSSR count). The average molecular weight is 383 g/mol. The molecule has 0 N–H and O–H groups in total. The maximum absolute atomic E-state index is 12.2. The second-order valence-corrected chi connectivity index (χ2v) is 6.34. The number of guanidine groups is 1. The molecule has 2 aromatic rings. The molecular formula is C21H25N3O4. The number of hydrogen-bond acceptors (Lipinski definition) is 4. The largest absolute Gasteiger partial charge is 0.497 e. The number of rotatable bonds is 5. The second-order valence-electron chi connectivity index (χ2n) is 6.34. The summed E-state index contributed by atoms with van der Waals surface area (Å²) in [6.07, 6.45) is -0.608. The molecule has 0 bridgehead atoms. The highest BCUT2D eigenvalue weighted by Gasteiger charge is 2.35. The molecule has 1 fully saturated rings. The molecule has 2 aromatic carbocycles. The third-order valence-electron chi connectivity index (χ3n) is 4.54. The van der Waals surface area contributed by atoms with Crippen LogP contribution in [-0.2, 0) is 4.74 Å². The van der Waals surface area contributed by atoms with E-state index in [1.807, 2.05) is 58.3 Å². The Morgan fingerprint density at radius 1 is 1.00 bits per heavy atom. The van der Waals surface area contributed by atoms with Crippen LogP contribution in [0.3, 0.4) is 0 Å². The fraction of sp³-hybridized carbons (Fsp3) is 0.333. The number of benzene rings is 2. The smallest absolute Gasteiger partial charge is 0.436 e. The van der Waals surface area contributed by atoms with Gasteiger partial charge in [-0.05, 0) is 62.4 Å². The van der Waals surface area contributed by atoms with Gasteiger partial charge in [0.2, 0.25) is 5.96 Å². The predicted octanol–water partition coefficient (Wildman–Crippen LogP) is 3.93. The number of methoxy groups -OCH3 is 2. The lowest BCUT2D eigenvalue weighted by molar-refractivity contribution is 0.163. The number of carbonyl (C=O) groups excluding carboxylic acids is 1. The molecule has 0 saturated carbocycles. The number of amides is 1. The molecule has 7 heteroatoms. The maximum Gasteiger partial charge on any atom is 0.436 e. The van der Waals surface area contributed by atoms with Crippen LogP contribution in [0.5, 0.6) is 11.5 Å². The van der Waals surface area contributed by atoms with Gasteiger partial charge in [-0.1, -0.05) is 0 Å². The van der Waals surface area contributed by atoms with Crippen molar-refractivity contribution in [1.82, 2.24) is 0 Å². The van der Waals surface area contributed by atoms with Crippen molar-refractivity contribution >= 4 is 23.4 Å². The summed E-state index contributed by atoms with van der Waals surface area (Å²) >= 11 is 0. The molecule has 0 spiro atoms. The summed E-state index contributed by atoms with van der Waals surface area (Å²) < 4.78 is 15.6. The van der Waals surface area contributed by atoms with E-state index in [0.717, 1.165) is 22.9 Å². The minimum absolute atomic E-state index is 0.101. The minimum Gasteiger partial charge on any atom is -0.497 e. The molecule has 1 aliphatic rings. The molecule has 28 heavy (non-hydrogen) atoms. The quantitative estimate of drug-likeness (QED) is 0.780. The number of nitrogens with zero attached hydrogens (tertiary/aromatic N) is 3. The van der Waals surface area contributed by atoms with Gasteiger partial charge in [-0.25, -0.2) is 4.79 Å². The molecule has 1 amide bonds. The van der Waals surface area contributed by atoms with Gasteiger partial charge in [0.15, 0.2) is 0 Å². The summed E-state index contributed by atoms with van der Waals surface area (Å²) in [5.41, 5.74) is 1.85. The standard InChI is InChI=1S/C21H25N3O4/c1-5-28-21(25)22-20-23(16-6-10-18(26-3)11-7-16)14-15(2)24(20)17-8-12-19(27-4)13-9-17/h6-13,15H,5,14H2,1-4H3. The highest BCUT2D eigenvalue weighted by atomic mass is 16.5. The van der Waals surface area contributed by atoms with E-state index in [2.05, 4.69) is 11.9 Å². The molecule has 0 radical (unpaired) electrons. The van der Waals surface area contributed by atoms with Crippen LogP contribution >= 0.6 is 0 Å². The first kappa shape index (κ1) is 19.5. The lowest BCUT2D eigenvalue weighted by Crippen LogP contribution is -2.36. The molecule has 1 heterocycles. The normalized spacial score (nSPS) is 17.7. The van der Waals surface area contributed by atoms with Crippen LogP contribution in [0, 0.1) is 0 Å². The first-order valence-electron chi connectivity index (χ1n) is 9.17. The van der Waals surface area contributed by atoms with Crippen molar-refractivity contribution in [2.75, 3.05) is 37.2 Å². The number of carbonyl (C=O) groups is 1. The third-order valence-corrected chi connectivity index (χ3v) is 4.54. The van der Waals surface area contributed by atoms with Gasteiger partial charge in [0.1, 0.15) is 11.5 Å². The van der Waals surface area contributed by atoms with Gasteiger partial charge >= 0.3 is 6.09 Å². The summed E-state index contributed by atoms with van der Waals surface area (Å²) in [7, 11) is 3.26. The molecular weight excluding hydrogens is 358 g/mol. The van der Waals surface area contributed by atoms with Gasteiger partial charge in [-0.15, -0.1) is 4.99 Å². The van der Waals surface area contributed by atoms with Crippen LogP contribution < -0.4 is 19.3 Å². The molecule has 1 atom stereocenters. The van der Waals surface area contributed by atoms with Crippen molar-refractivity contribution < 1.29 is 19.0 Å². The summed E-state index contributed by atoms with van der Waals surface area (Å²) in [6, 6.07) is 15.5. The topological polar surface area (TPSA) is 63.6 Å². The Kier molecular flexibility index (Phi) is 6.03. The summed E-state index contributed by atoms with van der Waals surface area (Å²) in [5, 5.41) is 0. The zero-order valence-electron chi connectivity index (χ0n) is 16.6. The molecule has 1 unspecified atom stereocenters. The Bertz CT molecular complexity index is 834. The molecule has 148 valence electrons. The van der Waals surface area contributed by atoms with Crippen molar-refractivity contribution in [3.63, 3.8) is 0 Å². The number of aliphatic imine (C=N–C) groups is 1. The van der Waals surface area contributed by atoms with Gasteiger partial charge in [0.25, 0.3) is 0 Å². The van der Waals surface area contributed by atoms with Gasteiger partial charge in [0.05, 0.1) is 26.9 Å². The number of hydrogen-bond donors (Lipinski definition) is 0. The molecule has 0 aliphatic carbocycles. The van der Waals surface area contributed by atoms with E-state index in [1.165, 1.54) is 0 Å². The van der Waals surface area contributed by atoms with Crippen LogP contribution in [0.2, 0.25) is 0 Å². The molecule has 1 aliphatic heterocycles. The SMILES string of the molecule is CCOC(=O)N=C1N(c2ccc(OC)cc2)CC(C)N1c1ccc(OC)cc1. The average Bonchev–Trinajstić information content (AvgIpc) is 3.04. The van der Waals surface area contributed by atoms with Gasteiger partial charge < -0.3 is 24.0 Å². The maximum atomic E-state index is 12.2. The molecule has 1 saturated heterocycles. The Hall–Kier alpha value is -3.22. The van der Waals surface area contributed by atoms with Crippen LogP contribution in [0.25, 0.3) is 0 Å². The summed E-state index contributed by atoms with van der Waals surface area (Å²) in [6.45, 7) is 4.80. The Morgan fingerprint density at radius 3 is 2.04 bits per heavy atom. The predicted molar refractivity (Wildman–Crippen MR) is 110 cm³/mol. The van der Waals surface area contributed by atoms with Gasteiger partial charge in [-0.2, -0.15) is 0 Å². The van der Waals surface area contributed by atoms with Crippen LogP contribution in [0.4, 0.5) is 16.2 Å². The molecule has 0 aromatic heterocycles. The number of anilines is 2. The highest BCUT2D eigenvalue weighted by molar-refractivity contribution is 6.13. The van der Waals surface area contributed by atoms with Crippen molar-refractivity contribution in [3.05, 3.63) is 48.5 Å². The van der Waals surface area contributed by atoms with Gasteiger partial charge in [0, 0.05) is 17.9 Å². The van der Waals surface area contributed by atoms with Crippen molar-refractivity contribution in [2.24, 2.45) is 4.99 Å². The third kappa shape index (κ3) is 4.03. The zero-order valence-corrected chi connectivity index (χ0v) is 16.6. The van der Waals surface area contributed by atoms with Crippen molar-refractivity contribution in [2.45, 2.75) is 19.9 Å². The fourth-order valence-corrected chi connectivity index (χ4v) is 3.20. The molecule has 7 nitrogen and oxygen atoms in total. The lowest BCUT2D eigenvalue weighted by atomic mass is 10.2. The van der Waals surface area contributed by atoms with Crippen molar-refractivity contribution in [3.8, 4) is 11.5 Å². The Balaban J connectivity index is 2.00. The lowest BCUT2D eigenvalue weighted by Gasteiger charge is -2.25. The van der Waals surface area contributed by atoms with E-state index < -0.39 is 6.09 Å². The van der Waals surface area contributed by atoms with Crippen LogP contribution in [0.1, 0.15) is 13.8 Å². The van der Waals surface area contributed by atoms with E-state index in [-0.39, 0.29) is 12.6 Å². The fourth-order valence-electron chi connectivity index (χ4n) is 3.20. The van der Waals surface area contributed by atoms with E-state index in [1.54, 1.807) is 21.1 Å². The van der Waals surface area contributed by atoms with Gasteiger partial charge in [-0.3, -0.25) is 0 Å². The highest BCUT2D eigenvalue weighted by Crippen LogP contribution is 2.31. The zero-order chi connectivity index (χ0) is 20.1. The van der Waals surface area contributed by atoms with E-state index in [0.29, 0.717) is 12.5 Å². The first-order valence-corrected chi connectivity index (χ1v) is 9.17. The Morgan fingerprint density at radius 2 is 1.54 bits per heavy atom. The van der Waals surface area contributed by atoms with E-state index in [4.69, 9.17) is 14.2 Å². The van der Waals surface area contributed by atoms with Crippen LogP contribution in [0.15, 0.2) is 53.5 Å². The van der Waals surface area contributed by atoms with Crippen LogP contribution in [-0.4, -0.2) is 45.5 Å². The minimum atomic E-state index is -0.608. The summed E-state index contributed by atoms with van der Waals surface area (Å²) in [5.74, 6) is 2.07. The monoisotopic (exact) mass is 383 g/mol. The number of ether oxygens (including phenoxy) is 3. The van der Waals surface area contributed by atoms with Crippen molar-refractivity contribution in [1.29, 1.82) is 0 Å².